The molecule has 0 saturated carbocycles. The number of hydrogen-bond acceptors (Lipinski definition) is 2. The zero-order chi connectivity index (χ0) is 11.5. The number of rotatable bonds is 2. The monoisotopic (exact) mass is 263 g/mol. The molecular formula is C12H16ClF2NO. The molecule has 1 fully saturated rings. The molecule has 0 radical (unpaired) electrons. The summed E-state index contributed by atoms with van der Waals surface area (Å²) < 4.78 is 32.4. The minimum Gasteiger partial charge on any atom is -0.494 e. The van der Waals surface area contributed by atoms with Crippen LogP contribution < -0.4 is 10.1 Å². The van der Waals surface area contributed by atoms with E-state index in [1.165, 1.54) is 19.2 Å². The fourth-order valence-corrected chi connectivity index (χ4v) is 2.12. The SMILES string of the molecule is COc1ccc(F)c([C@H]2CCCCN2)c1F.Cl. The number of hydrogen-bond donors (Lipinski definition) is 1. The summed E-state index contributed by atoms with van der Waals surface area (Å²) in [5.41, 5.74) is 0.110. The van der Waals surface area contributed by atoms with Gasteiger partial charge in [-0.25, -0.2) is 8.78 Å². The van der Waals surface area contributed by atoms with E-state index in [1.54, 1.807) is 0 Å². The van der Waals surface area contributed by atoms with Crippen LogP contribution in [0, 0.1) is 11.6 Å². The van der Waals surface area contributed by atoms with Crippen LogP contribution in [0.25, 0.3) is 0 Å². The lowest BCUT2D eigenvalue weighted by Crippen LogP contribution is -2.28. The number of piperidine rings is 1. The lowest BCUT2D eigenvalue weighted by atomic mass is 9.96. The first-order valence-electron chi connectivity index (χ1n) is 5.49. The van der Waals surface area contributed by atoms with E-state index in [4.69, 9.17) is 4.74 Å². The molecule has 0 amide bonds. The minimum absolute atomic E-state index is 0. The van der Waals surface area contributed by atoms with Crippen LogP contribution in [-0.2, 0) is 0 Å². The van der Waals surface area contributed by atoms with Gasteiger partial charge in [0.1, 0.15) is 5.82 Å². The summed E-state index contributed by atoms with van der Waals surface area (Å²) in [5, 5.41) is 3.13. The Morgan fingerprint density at radius 1 is 1.29 bits per heavy atom. The number of ether oxygens (including phenoxy) is 1. The van der Waals surface area contributed by atoms with E-state index in [2.05, 4.69) is 5.32 Å². The van der Waals surface area contributed by atoms with E-state index in [0.29, 0.717) is 0 Å². The summed E-state index contributed by atoms with van der Waals surface area (Å²) >= 11 is 0. The molecule has 0 spiro atoms. The quantitative estimate of drug-likeness (QED) is 0.885. The zero-order valence-corrected chi connectivity index (χ0v) is 10.4. The average molecular weight is 264 g/mol. The van der Waals surface area contributed by atoms with Gasteiger partial charge in [-0.1, -0.05) is 6.42 Å². The van der Waals surface area contributed by atoms with Crippen molar-refractivity contribution in [2.75, 3.05) is 13.7 Å². The fraction of sp³-hybridized carbons (Fsp3) is 0.500. The van der Waals surface area contributed by atoms with Crippen LogP contribution in [0.3, 0.4) is 0 Å². The highest BCUT2D eigenvalue weighted by atomic mass is 35.5. The van der Waals surface area contributed by atoms with Crippen molar-refractivity contribution in [1.82, 2.24) is 5.32 Å². The summed E-state index contributed by atoms with van der Waals surface area (Å²) in [6.07, 6.45) is 2.82. The minimum atomic E-state index is -0.582. The van der Waals surface area contributed by atoms with Crippen LogP contribution in [0.2, 0.25) is 0 Å². The van der Waals surface area contributed by atoms with Crippen molar-refractivity contribution in [2.45, 2.75) is 25.3 Å². The second kappa shape index (κ2) is 6.17. The third kappa shape index (κ3) is 2.87. The van der Waals surface area contributed by atoms with Crippen molar-refractivity contribution in [2.24, 2.45) is 0 Å². The first-order chi connectivity index (χ1) is 7.74. The standard InChI is InChI=1S/C12H15F2NO.ClH/c1-16-10-6-5-8(13)11(12(10)14)9-4-2-3-7-15-9;/h5-6,9,15H,2-4,7H2,1H3;1H/t9-;/m1./s1. The molecular weight excluding hydrogens is 248 g/mol. The van der Waals surface area contributed by atoms with E-state index in [0.717, 1.165) is 25.8 Å². The Hall–Kier alpha value is -0.870. The molecule has 0 unspecified atom stereocenters. The van der Waals surface area contributed by atoms with Gasteiger partial charge in [0.05, 0.1) is 7.11 Å². The van der Waals surface area contributed by atoms with Crippen molar-refractivity contribution in [3.63, 3.8) is 0 Å². The maximum Gasteiger partial charge on any atom is 0.172 e. The Labute approximate surface area is 106 Å². The maximum atomic E-state index is 13.9. The maximum absolute atomic E-state index is 13.9. The summed E-state index contributed by atoms with van der Waals surface area (Å²) in [6.45, 7) is 0.806. The molecule has 0 aliphatic carbocycles. The van der Waals surface area contributed by atoms with Gasteiger partial charge in [0.15, 0.2) is 11.6 Å². The van der Waals surface area contributed by atoms with Crippen molar-refractivity contribution in [1.29, 1.82) is 0 Å². The molecule has 1 N–H and O–H groups in total. The summed E-state index contributed by atoms with van der Waals surface area (Å²) in [5.74, 6) is -0.983. The van der Waals surface area contributed by atoms with Crippen molar-refractivity contribution < 1.29 is 13.5 Å². The zero-order valence-electron chi connectivity index (χ0n) is 9.63. The molecule has 5 heteroatoms. The van der Waals surface area contributed by atoms with Crippen molar-refractivity contribution in [3.05, 3.63) is 29.3 Å². The van der Waals surface area contributed by atoms with Gasteiger partial charge >= 0.3 is 0 Å². The molecule has 17 heavy (non-hydrogen) atoms. The second-order valence-corrected chi connectivity index (χ2v) is 3.98. The van der Waals surface area contributed by atoms with Gasteiger partial charge in [-0.15, -0.1) is 12.4 Å². The molecule has 96 valence electrons. The highest BCUT2D eigenvalue weighted by Gasteiger charge is 2.24. The smallest absolute Gasteiger partial charge is 0.172 e. The van der Waals surface area contributed by atoms with Crippen molar-refractivity contribution in [3.8, 4) is 5.75 Å². The van der Waals surface area contributed by atoms with E-state index in [-0.39, 0.29) is 29.8 Å². The van der Waals surface area contributed by atoms with Crippen LogP contribution >= 0.6 is 12.4 Å². The van der Waals surface area contributed by atoms with Crippen LogP contribution in [0.4, 0.5) is 8.78 Å². The van der Waals surface area contributed by atoms with E-state index >= 15 is 0 Å². The third-order valence-corrected chi connectivity index (χ3v) is 2.97. The van der Waals surface area contributed by atoms with E-state index < -0.39 is 11.6 Å². The number of halogens is 3. The molecule has 2 nitrogen and oxygen atoms in total. The van der Waals surface area contributed by atoms with E-state index in [9.17, 15) is 8.78 Å². The highest BCUT2D eigenvalue weighted by molar-refractivity contribution is 5.85. The molecule has 1 aliphatic heterocycles. The lowest BCUT2D eigenvalue weighted by Gasteiger charge is -2.25. The van der Waals surface area contributed by atoms with Crippen LogP contribution in [0.5, 0.6) is 5.75 Å². The first kappa shape index (κ1) is 14.2. The number of benzene rings is 1. The Bertz CT molecular complexity index is 381. The normalized spacial score (nSPS) is 19.6. The van der Waals surface area contributed by atoms with Crippen LogP contribution in [0.15, 0.2) is 12.1 Å². The Morgan fingerprint density at radius 3 is 2.65 bits per heavy atom. The van der Waals surface area contributed by atoms with Gasteiger partial charge in [-0.2, -0.15) is 0 Å². The summed E-state index contributed by atoms with van der Waals surface area (Å²) in [7, 11) is 1.38. The second-order valence-electron chi connectivity index (χ2n) is 3.98. The van der Waals surface area contributed by atoms with Gasteiger partial charge in [0.2, 0.25) is 0 Å². The molecule has 0 aromatic heterocycles. The van der Waals surface area contributed by atoms with E-state index in [1.807, 2.05) is 0 Å². The lowest BCUT2D eigenvalue weighted by molar-refractivity contribution is 0.356. The molecule has 1 aromatic rings. The van der Waals surface area contributed by atoms with Crippen molar-refractivity contribution >= 4 is 12.4 Å². The van der Waals surface area contributed by atoms with Crippen LogP contribution in [0.1, 0.15) is 30.9 Å². The number of nitrogens with one attached hydrogen (secondary N) is 1. The fourth-order valence-electron chi connectivity index (χ4n) is 2.12. The van der Waals surface area contributed by atoms with Gasteiger partial charge in [-0.05, 0) is 31.5 Å². The van der Waals surface area contributed by atoms with Gasteiger partial charge in [0, 0.05) is 11.6 Å². The first-order valence-corrected chi connectivity index (χ1v) is 5.49. The summed E-state index contributed by atoms with van der Waals surface area (Å²) in [6, 6.07) is 2.34. The van der Waals surface area contributed by atoms with Gasteiger partial charge in [-0.3, -0.25) is 0 Å². The Kier molecular flexibility index (Phi) is 5.15. The third-order valence-electron chi connectivity index (χ3n) is 2.97. The molecule has 1 atom stereocenters. The topological polar surface area (TPSA) is 21.3 Å². The number of methoxy groups -OCH3 is 1. The average Bonchev–Trinajstić information content (AvgIpc) is 2.31. The summed E-state index contributed by atoms with van der Waals surface area (Å²) in [4.78, 5) is 0. The molecule has 0 bridgehead atoms. The molecule has 1 aromatic carbocycles. The largest absolute Gasteiger partial charge is 0.494 e. The highest BCUT2D eigenvalue weighted by Crippen LogP contribution is 2.31. The predicted molar refractivity (Wildman–Crippen MR) is 64.8 cm³/mol. The van der Waals surface area contributed by atoms with Gasteiger partial charge < -0.3 is 10.1 Å². The molecule has 1 aliphatic rings. The Balaban J connectivity index is 0.00000144. The molecule has 1 saturated heterocycles. The predicted octanol–water partition coefficient (Wildman–Crippen LogP) is 3.21. The molecule has 1 heterocycles. The Morgan fingerprint density at radius 2 is 2.06 bits per heavy atom. The van der Waals surface area contributed by atoms with Gasteiger partial charge in [0.25, 0.3) is 0 Å². The van der Waals surface area contributed by atoms with Crippen LogP contribution in [-0.4, -0.2) is 13.7 Å². The molecule has 2 rings (SSSR count).